The Morgan fingerprint density at radius 1 is 0.326 bits per heavy atom. The number of alkyl halides is 6. The molecule has 0 spiro atoms. The van der Waals surface area contributed by atoms with Gasteiger partial charge in [-0.3, -0.25) is 0 Å². The molecule has 21 nitrogen and oxygen atoms in total. The lowest BCUT2D eigenvalue weighted by Crippen LogP contribution is -2.53. The number of rotatable bonds is 4. The predicted molar refractivity (Wildman–Crippen MR) is 466 cm³/mol. The fourth-order valence-corrected chi connectivity index (χ4v) is 19.8. The number of carbonyl (C=O) groups is 9. The molecule has 5 N–H and O–H groups in total. The first-order valence-corrected chi connectivity index (χ1v) is 42.8. The number of hydrogen-bond donors (Lipinski definition) is 5. The second kappa shape index (κ2) is 48.0. The minimum absolute atomic E-state index is 0.0394. The van der Waals surface area contributed by atoms with Crippen molar-refractivity contribution >= 4 is 64.5 Å². The second-order valence-corrected chi connectivity index (χ2v) is 33.0. The largest absolute Gasteiger partial charge is 0.550 e. The number of carboxylic acids is 9. The summed E-state index contributed by atoms with van der Waals surface area (Å²) in [5.41, 5.74) is 6.00. The van der Waals surface area contributed by atoms with Crippen LogP contribution in [0.25, 0.3) is 10.8 Å². The molecule has 11 aromatic rings. The molecule has 0 saturated heterocycles. The summed E-state index contributed by atoms with van der Waals surface area (Å²) in [5.74, 6) is -2.22. The first-order valence-electron chi connectivity index (χ1n) is 42.8. The average Bonchev–Trinajstić information content (AvgIpc) is 1.06. The normalized spacial score (nSPS) is 21.3. The van der Waals surface area contributed by atoms with E-state index in [2.05, 4.69) is 72.8 Å². The van der Waals surface area contributed by atoms with Crippen LogP contribution in [0.3, 0.4) is 0 Å². The van der Waals surface area contributed by atoms with E-state index in [-0.39, 0.29) is 17.8 Å². The Morgan fingerprint density at radius 2 is 0.621 bits per heavy atom. The molecule has 0 amide bonds. The van der Waals surface area contributed by atoms with Crippen molar-refractivity contribution in [2.45, 2.75) is 147 Å². The van der Waals surface area contributed by atoms with Crippen molar-refractivity contribution in [1.29, 1.82) is 0 Å². The summed E-state index contributed by atoms with van der Waals surface area (Å²) in [7, 11) is 0. The van der Waals surface area contributed by atoms with Crippen molar-refractivity contribution < 1.29 is 131 Å². The van der Waals surface area contributed by atoms with Crippen LogP contribution in [-0.2, 0) is 51.3 Å². The van der Waals surface area contributed by atoms with Crippen LogP contribution in [0.4, 0.5) is 26.3 Å². The molecule has 5 atom stereocenters. The summed E-state index contributed by atoms with van der Waals surface area (Å²) < 4.78 is 72.4. The zero-order valence-corrected chi connectivity index (χ0v) is 72.9. The third-order valence-corrected chi connectivity index (χ3v) is 24.4. The van der Waals surface area contributed by atoms with Crippen molar-refractivity contribution in [3.63, 3.8) is 0 Å². The van der Waals surface area contributed by atoms with Crippen LogP contribution in [0.2, 0.25) is 0 Å². The maximum atomic E-state index is 12.5. The van der Waals surface area contributed by atoms with Crippen LogP contribution in [0, 0.1) is 53.3 Å². The van der Waals surface area contributed by atoms with Gasteiger partial charge >= 0.3 is 24.3 Å². The molecule has 6 fully saturated rings. The number of aromatic hydroxyl groups is 3. The zero-order chi connectivity index (χ0) is 96.9. The second-order valence-electron chi connectivity index (χ2n) is 33.0. The van der Waals surface area contributed by atoms with E-state index < -0.39 is 111 Å². The molecule has 0 aromatic heterocycles. The minimum atomic E-state index is -4.61. The molecule has 27 heteroatoms. The molecule has 10 bridgehead atoms. The molecule has 6 saturated carbocycles. The SMILES string of the molecule is C1CC2CC1C1C3CCC(C3)C21.C1CC2CCC1C2.CC(=O)[O-].CC(=O)[O-].CC(=O)[O-].CC(=O)[O-].CC(=O)[O-].O=C(O)c1cc(C(F)(F)F)ccc1O.O=C(O)c1ccc(C(F)(F)F)cc1O.O=C([O-])C12c3ccccc3C(c3ccccc31)c1ccccc12.O=C([O-])C1CC2c3ccccc3C1c1ccccc12.Oc1ccccc1.c1ccc2ccccc2c1.c1ccccc1. The number of carbonyl (C=O) groups excluding carboxylic acids is 7. The number of fused-ring (bicyclic) bond motifs is 13. The molecule has 696 valence electrons. The zero-order valence-electron chi connectivity index (χ0n) is 72.9. The van der Waals surface area contributed by atoms with Crippen LogP contribution in [0.15, 0.2) is 273 Å². The van der Waals surface area contributed by atoms with E-state index in [1.165, 1.54) is 80.4 Å². The monoisotopic (exact) mass is 1810 g/mol. The van der Waals surface area contributed by atoms with E-state index in [4.69, 9.17) is 75.0 Å². The van der Waals surface area contributed by atoms with Crippen molar-refractivity contribution in [1.82, 2.24) is 0 Å². The predicted octanol–water partition coefficient (Wildman–Crippen LogP) is 13.8. The van der Waals surface area contributed by atoms with E-state index in [1.807, 2.05) is 140 Å². The van der Waals surface area contributed by atoms with E-state index >= 15 is 0 Å². The van der Waals surface area contributed by atoms with E-state index in [0.717, 1.165) is 68.0 Å². The van der Waals surface area contributed by atoms with Gasteiger partial charge in [-0.1, -0.05) is 250 Å². The highest BCUT2D eigenvalue weighted by Gasteiger charge is 2.59. The van der Waals surface area contributed by atoms with E-state index in [0.29, 0.717) is 48.6 Å². The van der Waals surface area contributed by atoms with E-state index in [1.54, 1.807) is 94.9 Å². The molecule has 11 aromatic carbocycles. The van der Waals surface area contributed by atoms with Crippen LogP contribution in [-0.4, -0.2) is 79.3 Å². The number of aromatic carboxylic acids is 2. The summed E-state index contributed by atoms with van der Waals surface area (Å²) in [6.45, 7) is 4.86. The molecular weight excluding hydrogens is 1710 g/mol. The summed E-state index contributed by atoms with van der Waals surface area (Å²) in [6.07, 6.45) is 9.00. The minimum Gasteiger partial charge on any atom is -0.550 e. The highest BCUT2D eigenvalue weighted by molar-refractivity contribution is 5.95. The fraction of sp³-hybridized carbons (Fsp3) is 0.305. The molecule has 0 aliphatic heterocycles. The van der Waals surface area contributed by atoms with Gasteiger partial charge in [0.05, 0.1) is 22.5 Å². The molecule has 12 aliphatic carbocycles. The smallest absolute Gasteiger partial charge is 0.416 e. The van der Waals surface area contributed by atoms with Gasteiger partial charge in [-0.2, -0.15) is 26.3 Å². The Hall–Kier alpha value is -14.1. The summed E-state index contributed by atoms with van der Waals surface area (Å²) in [6, 6.07) is 80.9. The molecular formula is C105H101F6O21-7. The number of phenols is 3. The first-order chi connectivity index (χ1) is 62.6. The maximum absolute atomic E-state index is 12.5. The van der Waals surface area contributed by atoms with Gasteiger partial charge in [0.15, 0.2) is 0 Å². The Balaban J connectivity index is 0.000000182. The highest BCUT2D eigenvalue weighted by atomic mass is 19.4. The van der Waals surface area contributed by atoms with Crippen molar-refractivity contribution in [3.05, 3.63) is 351 Å². The van der Waals surface area contributed by atoms with Crippen LogP contribution < -0.4 is 35.7 Å². The van der Waals surface area contributed by atoms with Crippen LogP contribution in [0.5, 0.6) is 17.2 Å². The number of aliphatic carboxylic acids is 7. The number of hydrogen-bond acceptors (Lipinski definition) is 19. The van der Waals surface area contributed by atoms with Gasteiger partial charge in [-0.05, 0) is 248 Å². The number of benzene rings is 11. The van der Waals surface area contributed by atoms with Gasteiger partial charge in [-0.25, -0.2) is 9.59 Å². The molecule has 12 aliphatic rings. The first kappa shape index (κ1) is 103. The Bertz CT molecular complexity index is 5330. The summed E-state index contributed by atoms with van der Waals surface area (Å²) in [4.78, 5) is 89.1. The van der Waals surface area contributed by atoms with Crippen molar-refractivity contribution in [2.75, 3.05) is 0 Å². The van der Waals surface area contributed by atoms with Gasteiger partial charge in [0, 0.05) is 59.5 Å². The molecule has 23 rings (SSSR count). The fourth-order valence-electron chi connectivity index (χ4n) is 19.8. The van der Waals surface area contributed by atoms with Gasteiger partial charge in [0.1, 0.15) is 28.4 Å². The quantitative estimate of drug-likeness (QED) is 0.0807. The van der Waals surface area contributed by atoms with Crippen molar-refractivity contribution in [3.8, 4) is 17.2 Å². The van der Waals surface area contributed by atoms with Crippen LogP contribution >= 0.6 is 0 Å². The Kier molecular flexibility index (Phi) is 37.5. The van der Waals surface area contributed by atoms with Gasteiger partial charge in [0.25, 0.3) is 0 Å². The third kappa shape index (κ3) is 27.7. The topological polar surface area (TPSA) is 416 Å². The van der Waals surface area contributed by atoms with Gasteiger partial charge in [0.2, 0.25) is 0 Å². The molecule has 0 radical (unpaired) electrons. The lowest BCUT2D eigenvalue weighted by Gasteiger charge is -2.51. The molecule has 5 unspecified atom stereocenters. The number of carboxylic acid groups (broad SMARTS) is 9. The summed E-state index contributed by atoms with van der Waals surface area (Å²) in [5, 5.41) is 114. The molecule has 132 heavy (non-hydrogen) atoms. The third-order valence-electron chi connectivity index (χ3n) is 24.4. The Labute approximate surface area is 760 Å². The molecule has 0 heterocycles. The lowest BCUT2D eigenvalue weighted by molar-refractivity contribution is -0.313. The number of halogens is 6. The van der Waals surface area contributed by atoms with Crippen LogP contribution in [0.1, 0.15) is 217 Å². The average molecular weight is 1810 g/mol. The lowest BCUT2D eigenvalue weighted by atomic mass is 9.53. The highest BCUT2D eigenvalue weighted by Crippen LogP contribution is 2.67. The van der Waals surface area contributed by atoms with E-state index in [9.17, 15) is 55.7 Å². The standard InChI is InChI=1S/C21H14O2.C17H14O2.C12H18.C10H8.2C8H5F3O3.C7H12.C6H6O.C6H6.5C2H4O2/c22-20(23)21-16-10-4-1-7-13(16)19(14-8-2-5-11-17(14)21)15-9-3-6-12-18(15)21;18-17(19)15-9-14-10-5-1-3-7-12(10)16(15)13-8-4-2-6-11(13)14;1-2-8-5-7(1)11-9-3-4-10(6-9)12(8)11;1-2-6-10-8-4-3-7-9(10)5-1;9-8(10,11)4-1-2-6(12)5(3-4)7(13)14;9-8(10,11)4-1-2-5(7(13)14)6(12)3-4;1-2-7-4-3-6(1)5-7;7-6-4-2-1-3-5-6;1-2-4-6-5-3-1;5*1-2(3)4/h1-12,19H,(H,22,23);1-8,14-16H,9H2,(H,18,19);7-12H,1-6H2;1-8H;2*1-3,12H,(H,13,14);6-7H,1-5H2;1-5,7H;1-6H;5*1H3,(H,3,4)/p-7. The maximum Gasteiger partial charge on any atom is 0.416 e. The Morgan fingerprint density at radius 3 is 0.909 bits per heavy atom. The van der Waals surface area contributed by atoms with Gasteiger partial charge < -0.3 is 94.8 Å². The number of phenolic OH excluding ortho intramolecular Hbond substituents is 1. The van der Waals surface area contributed by atoms with Crippen molar-refractivity contribution in [2.24, 2.45) is 53.3 Å². The number of para-hydroxylation sites is 1. The summed E-state index contributed by atoms with van der Waals surface area (Å²) >= 11 is 0. The van der Waals surface area contributed by atoms with Gasteiger partial charge in [-0.15, -0.1) is 0 Å².